The number of amidine groups is 1. The molecule has 8 heteroatoms. The number of esters is 1. The highest BCUT2D eigenvalue weighted by atomic mass is 32.2. The van der Waals surface area contributed by atoms with E-state index in [1.54, 1.807) is 30.3 Å². The number of nitrogen functional groups attached to an aromatic ring is 1. The maximum atomic E-state index is 12.3. The predicted molar refractivity (Wildman–Crippen MR) is 102 cm³/mol. The van der Waals surface area contributed by atoms with Crippen molar-refractivity contribution < 1.29 is 22.5 Å². The summed E-state index contributed by atoms with van der Waals surface area (Å²) in [5.74, 6) is -0.228. The van der Waals surface area contributed by atoms with Crippen LogP contribution in [-0.2, 0) is 10.1 Å². The van der Waals surface area contributed by atoms with Crippen molar-refractivity contribution >= 4 is 32.7 Å². The minimum Gasteiger partial charge on any atom is -0.748 e. The third-order valence-electron chi connectivity index (χ3n) is 3.37. The van der Waals surface area contributed by atoms with E-state index in [0.29, 0.717) is 17.6 Å². The van der Waals surface area contributed by atoms with Crippen LogP contribution in [0.4, 0.5) is 0 Å². The Balaban J connectivity index is 0.000000465. The molecule has 3 rings (SSSR count). The van der Waals surface area contributed by atoms with E-state index >= 15 is 0 Å². The summed E-state index contributed by atoms with van der Waals surface area (Å²) in [5.41, 5.74) is 6.15. The second-order valence-corrected chi connectivity index (χ2v) is 6.97. The van der Waals surface area contributed by atoms with Crippen molar-refractivity contribution in [2.24, 2.45) is 5.73 Å². The topological polar surface area (TPSA) is 133 Å². The fraction of sp³-hybridized carbons (Fsp3) is 0.0526. The smallest absolute Gasteiger partial charge is 0.344 e. The highest BCUT2D eigenvalue weighted by Gasteiger charge is 2.15. The number of benzene rings is 3. The Labute approximate surface area is 156 Å². The van der Waals surface area contributed by atoms with Crippen LogP contribution in [0.1, 0.15) is 15.9 Å². The van der Waals surface area contributed by atoms with Crippen molar-refractivity contribution in [3.63, 3.8) is 0 Å². The van der Waals surface area contributed by atoms with Crippen LogP contribution in [0.5, 0.6) is 5.75 Å². The summed E-state index contributed by atoms with van der Waals surface area (Å²) in [4.78, 5) is 12.3. The Bertz CT molecular complexity index is 1090. The van der Waals surface area contributed by atoms with E-state index in [1.807, 2.05) is 36.4 Å². The van der Waals surface area contributed by atoms with Gasteiger partial charge in [0, 0.05) is 11.8 Å². The van der Waals surface area contributed by atoms with Crippen LogP contribution in [0, 0.1) is 5.41 Å². The van der Waals surface area contributed by atoms with Crippen molar-refractivity contribution in [1.29, 1.82) is 5.41 Å². The number of carbonyl (C=O) groups excluding carboxylic acids is 1. The summed E-state index contributed by atoms with van der Waals surface area (Å²) in [5, 5.41) is 9.60. The van der Waals surface area contributed by atoms with Gasteiger partial charge < -0.3 is 15.0 Å². The second-order valence-electron chi connectivity index (χ2n) is 5.56. The summed E-state index contributed by atoms with van der Waals surface area (Å²) in [7, 11) is -3.92. The lowest BCUT2D eigenvalue weighted by Crippen LogP contribution is -2.18. The van der Waals surface area contributed by atoms with E-state index in [0.717, 1.165) is 10.8 Å². The molecule has 0 saturated carbocycles. The molecule has 0 amide bonds. The molecule has 3 aromatic rings. The Kier molecular flexibility index (Phi) is 6.27. The summed E-state index contributed by atoms with van der Waals surface area (Å²) >= 11 is 0. The predicted octanol–water partition coefficient (Wildman–Crippen LogP) is 2.50. The number of nitrogens with one attached hydrogen (secondary N) is 1. The monoisotopic (exact) mass is 385 g/mol. The van der Waals surface area contributed by atoms with Crippen LogP contribution >= 0.6 is 0 Å². The number of carbonyl (C=O) groups is 1. The van der Waals surface area contributed by atoms with E-state index in [2.05, 4.69) is 0 Å². The zero-order chi connectivity index (χ0) is 20.0. The first kappa shape index (κ1) is 20.1. The third-order valence-corrected chi connectivity index (χ3v) is 3.37. The number of fused-ring (bicyclic) bond motifs is 1. The molecule has 0 saturated heterocycles. The number of ether oxygens (including phenoxy) is 1. The Morgan fingerprint density at radius 1 is 0.963 bits per heavy atom. The molecule has 0 heterocycles. The quantitative estimate of drug-likeness (QED) is 0.234. The molecule has 3 N–H and O–H groups in total. The molecule has 0 aliphatic rings. The molecule has 0 atom stereocenters. The van der Waals surface area contributed by atoms with Gasteiger partial charge in [-0.3, -0.25) is 5.41 Å². The Morgan fingerprint density at radius 3 is 2.07 bits per heavy atom. The molecule has 0 aliphatic carbocycles. The van der Waals surface area contributed by atoms with Gasteiger partial charge in [-0.15, -0.1) is 0 Å². The van der Waals surface area contributed by atoms with E-state index in [-0.39, 0.29) is 11.4 Å². The largest absolute Gasteiger partial charge is 0.748 e. The standard InChI is InChI=1S/C18H14N2O2.CH4O3S/c19-17(20)15-7-3-4-8-16(15)18(21)22-14-10-9-12-5-1-2-6-13(12)11-14;1-5(2,3)4/h1-11H,(H3,19,20);1H3,(H,2,3,4)/p-1. The lowest BCUT2D eigenvalue weighted by molar-refractivity contribution is 0.0734. The molecule has 0 radical (unpaired) electrons. The van der Waals surface area contributed by atoms with Crippen LogP contribution < -0.4 is 10.5 Å². The number of hydrogen-bond acceptors (Lipinski definition) is 6. The van der Waals surface area contributed by atoms with Gasteiger partial charge in [0.15, 0.2) is 0 Å². The fourth-order valence-electron chi connectivity index (χ4n) is 2.29. The molecular weight excluding hydrogens is 368 g/mol. The fourth-order valence-corrected chi connectivity index (χ4v) is 2.29. The molecule has 0 fully saturated rings. The highest BCUT2D eigenvalue weighted by molar-refractivity contribution is 7.84. The lowest BCUT2D eigenvalue weighted by Gasteiger charge is -2.09. The first-order valence-corrected chi connectivity index (χ1v) is 9.52. The normalized spacial score (nSPS) is 10.6. The SMILES string of the molecule is CS(=O)(=O)[O-].N=C(N)c1ccccc1C(=O)Oc1ccc2ccccc2c1. The first-order chi connectivity index (χ1) is 12.6. The van der Waals surface area contributed by atoms with Gasteiger partial charge >= 0.3 is 5.97 Å². The van der Waals surface area contributed by atoms with Crippen LogP contribution in [0.25, 0.3) is 10.8 Å². The maximum absolute atomic E-state index is 12.3. The van der Waals surface area contributed by atoms with E-state index < -0.39 is 16.1 Å². The molecule has 0 bridgehead atoms. The van der Waals surface area contributed by atoms with Crippen LogP contribution in [0.3, 0.4) is 0 Å². The second kappa shape index (κ2) is 8.43. The molecule has 0 aromatic heterocycles. The minimum absolute atomic E-state index is 0.161. The molecular formula is C19H17N2O5S-. The lowest BCUT2D eigenvalue weighted by atomic mass is 10.1. The van der Waals surface area contributed by atoms with Gasteiger partial charge in [0.2, 0.25) is 0 Å². The Morgan fingerprint density at radius 2 is 1.48 bits per heavy atom. The van der Waals surface area contributed by atoms with Crippen LogP contribution in [-0.4, -0.2) is 31.0 Å². The van der Waals surface area contributed by atoms with Crippen molar-refractivity contribution in [3.8, 4) is 5.75 Å². The number of hydrogen-bond donors (Lipinski definition) is 2. The van der Waals surface area contributed by atoms with Gasteiger partial charge in [-0.2, -0.15) is 0 Å². The molecule has 0 spiro atoms. The van der Waals surface area contributed by atoms with Gasteiger partial charge in [-0.1, -0.05) is 48.5 Å². The summed E-state index contributed by atoms with van der Waals surface area (Å²) in [6.07, 6.45) is 0.604. The van der Waals surface area contributed by atoms with Crippen molar-refractivity contribution in [1.82, 2.24) is 0 Å². The van der Waals surface area contributed by atoms with Crippen molar-refractivity contribution in [2.75, 3.05) is 6.26 Å². The summed E-state index contributed by atoms with van der Waals surface area (Å²) in [6, 6.07) is 19.9. The van der Waals surface area contributed by atoms with Gasteiger partial charge in [-0.25, -0.2) is 13.2 Å². The van der Waals surface area contributed by atoms with Crippen molar-refractivity contribution in [3.05, 3.63) is 77.9 Å². The van der Waals surface area contributed by atoms with E-state index in [1.165, 1.54) is 0 Å². The summed E-state index contributed by atoms with van der Waals surface area (Å²) in [6.45, 7) is 0. The van der Waals surface area contributed by atoms with Crippen LogP contribution in [0.15, 0.2) is 66.7 Å². The van der Waals surface area contributed by atoms with Gasteiger partial charge in [-0.05, 0) is 29.0 Å². The molecule has 7 nitrogen and oxygen atoms in total. The van der Waals surface area contributed by atoms with Gasteiger partial charge in [0.1, 0.15) is 11.6 Å². The van der Waals surface area contributed by atoms with E-state index in [4.69, 9.17) is 28.9 Å². The third kappa shape index (κ3) is 6.21. The Hall–Kier alpha value is -3.23. The zero-order valence-electron chi connectivity index (χ0n) is 14.4. The number of rotatable bonds is 3. The van der Waals surface area contributed by atoms with Crippen molar-refractivity contribution in [2.45, 2.75) is 0 Å². The van der Waals surface area contributed by atoms with Gasteiger partial charge in [0.05, 0.1) is 15.7 Å². The summed E-state index contributed by atoms with van der Waals surface area (Å²) < 4.78 is 32.6. The van der Waals surface area contributed by atoms with Crippen LogP contribution in [0.2, 0.25) is 0 Å². The molecule has 0 unspecified atom stereocenters. The number of nitrogens with two attached hydrogens (primary N) is 1. The highest BCUT2D eigenvalue weighted by Crippen LogP contribution is 2.22. The molecule has 140 valence electrons. The molecule has 27 heavy (non-hydrogen) atoms. The molecule has 3 aromatic carbocycles. The van der Waals surface area contributed by atoms with Gasteiger partial charge in [0.25, 0.3) is 0 Å². The average Bonchev–Trinajstić information content (AvgIpc) is 2.60. The molecule has 0 aliphatic heterocycles. The average molecular weight is 385 g/mol. The maximum Gasteiger partial charge on any atom is 0.344 e. The first-order valence-electron chi connectivity index (χ1n) is 7.70. The minimum atomic E-state index is -3.92. The zero-order valence-corrected chi connectivity index (χ0v) is 15.2. The van der Waals surface area contributed by atoms with E-state index in [9.17, 15) is 4.79 Å².